The van der Waals surface area contributed by atoms with E-state index < -0.39 is 0 Å². The van der Waals surface area contributed by atoms with Crippen molar-refractivity contribution in [1.29, 1.82) is 0 Å². The highest BCUT2D eigenvalue weighted by Crippen LogP contribution is 2.16. The first-order valence-corrected chi connectivity index (χ1v) is 6.81. The van der Waals surface area contributed by atoms with Crippen LogP contribution in [0.25, 0.3) is 0 Å². The number of carbonyl (C=O) groups is 1. The lowest BCUT2D eigenvalue weighted by atomic mass is 10.1. The van der Waals surface area contributed by atoms with Gasteiger partial charge in [-0.15, -0.1) is 0 Å². The van der Waals surface area contributed by atoms with E-state index in [-0.39, 0.29) is 5.78 Å². The monoisotopic (exact) mass is 266 g/mol. The lowest BCUT2D eigenvalue weighted by molar-refractivity contribution is 0.0859. The minimum atomic E-state index is 0.116. The van der Waals surface area contributed by atoms with Gasteiger partial charge >= 0.3 is 0 Å². The molecule has 4 heteroatoms. The summed E-state index contributed by atoms with van der Waals surface area (Å²) < 4.78 is 0. The van der Waals surface area contributed by atoms with Gasteiger partial charge in [-0.25, -0.2) is 0 Å². The minimum Gasteiger partial charge on any atom is -0.301 e. The molecule has 0 amide bonds. The molecule has 0 unspecified atom stereocenters. The summed E-state index contributed by atoms with van der Waals surface area (Å²) in [6, 6.07) is 7.27. The Hall–Kier alpha value is -0.900. The number of hydrogen-bond acceptors (Lipinski definition) is 3. The lowest BCUT2D eigenvalue weighted by Gasteiger charge is -2.33. The van der Waals surface area contributed by atoms with Crippen molar-refractivity contribution < 1.29 is 4.79 Å². The molecule has 0 saturated carbocycles. The second kappa shape index (κ2) is 6.32. The van der Waals surface area contributed by atoms with Crippen molar-refractivity contribution in [2.24, 2.45) is 0 Å². The Labute approximate surface area is 113 Å². The Kier molecular flexibility index (Phi) is 4.75. The summed E-state index contributed by atoms with van der Waals surface area (Å²) in [7, 11) is 0. The van der Waals surface area contributed by atoms with Gasteiger partial charge in [0.05, 0.1) is 11.6 Å². The summed E-state index contributed by atoms with van der Waals surface area (Å²) in [5.41, 5.74) is 0.636. The molecule has 1 heterocycles. The van der Waals surface area contributed by atoms with Crippen LogP contribution in [-0.4, -0.2) is 54.9 Å². The number of ketones is 1. The summed E-state index contributed by atoms with van der Waals surface area (Å²) in [4.78, 5) is 16.8. The van der Waals surface area contributed by atoms with E-state index >= 15 is 0 Å². The minimum absolute atomic E-state index is 0.116. The van der Waals surface area contributed by atoms with E-state index in [0.29, 0.717) is 17.1 Å². The van der Waals surface area contributed by atoms with Gasteiger partial charge in [0.15, 0.2) is 5.78 Å². The summed E-state index contributed by atoms with van der Waals surface area (Å²) >= 11 is 6.03. The highest BCUT2D eigenvalue weighted by atomic mass is 35.5. The Morgan fingerprint density at radius 3 is 2.39 bits per heavy atom. The van der Waals surface area contributed by atoms with Gasteiger partial charge in [0.25, 0.3) is 0 Å². The Balaban J connectivity index is 1.91. The van der Waals surface area contributed by atoms with Crippen LogP contribution in [0.15, 0.2) is 24.3 Å². The first-order chi connectivity index (χ1) is 8.70. The fourth-order valence-electron chi connectivity index (χ4n) is 2.24. The molecule has 98 valence electrons. The van der Waals surface area contributed by atoms with E-state index in [2.05, 4.69) is 16.7 Å². The van der Waals surface area contributed by atoms with Crippen molar-refractivity contribution in [1.82, 2.24) is 9.80 Å². The van der Waals surface area contributed by atoms with Crippen molar-refractivity contribution >= 4 is 17.4 Å². The van der Waals surface area contributed by atoms with Gasteiger partial charge in [-0.2, -0.15) is 0 Å². The molecule has 3 nitrogen and oxygen atoms in total. The predicted molar refractivity (Wildman–Crippen MR) is 74.3 cm³/mol. The summed E-state index contributed by atoms with van der Waals surface area (Å²) in [5, 5.41) is 0.551. The van der Waals surface area contributed by atoms with Gasteiger partial charge in [0, 0.05) is 31.7 Å². The van der Waals surface area contributed by atoms with Crippen LogP contribution < -0.4 is 0 Å². The second-order valence-corrected chi connectivity index (χ2v) is 5.02. The van der Waals surface area contributed by atoms with Gasteiger partial charge < -0.3 is 4.90 Å². The third-order valence-corrected chi connectivity index (χ3v) is 3.78. The van der Waals surface area contributed by atoms with E-state index in [9.17, 15) is 4.79 Å². The molecule has 0 aliphatic carbocycles. The highest BCUT2D eigenvalue weighted by Gasteiger charge is 2.19. The zero-order chi connectivity index (χ0) is 13.0. The molecule has 1 aromatic carbocycles. The normalized spacial score (nSPS) is 17.9. The van der Waals surface area contributed by atoms with E-state index in [4.69, 9.17) is 11.6 Å². The topological polar surface area (TPSA) is 23.6 Å². The van der Waals surface area contributed by atoms with Crippen LogP contribution >= 0.6 is 11.6 Å². The summed E-state index contributed by atoms with van der Waals surface area (Å²) in [6.07, 6.45) is 0. The number of halogens is 1. The molecule has 1 saturated heterocycles. The number of benzene rings is 1. The van der Waals surface area contributed by atoms with Crippen molar-refractivity contribution in [3.05, 3.63) is 34.9 Å². The van der Waals surface area contributed by atoms with Crippen molar-refractivity contribution in [2.75, 3.05) is 39.3 Å². The number of Topliss-reactive ketones (excluding diaryl/α,β-unsaturated/α-hetero) is 1. The van der Waals surface area contributed by atoms with Gasteiger partial charge in [-0.3, -0.25) is 9.69 Å². The lowest BCUT2D eigenvalue weighted by Crippen LogP contribution is -2.47. The molecule has 0 radical (unpaired) electrons. The number of rotatable bonds is 4. The predicted octanol–water partition coefficient (Wildman–Crippen LogP) is 2.16. The number of hydrogen-bond donors (Lipinski definition) is 0. The smallest absolute Gasteiger partial charge is 0.178 e. The molecule has 0 aromatic heterocycles. The number of nitrogens with zero attached hydrogens (tertiary/aromatic N) is 2. The molecule has 1 aliphatic rings. The average molecular weight is 267 g/mol. The Morgan fingerprint density at radius 2 is 1.78 bits per heavy atom. The highest BCUT2D eigenvalue weighted by molar-refractivity contribution is 6.34. The Bertz CT molecular complexity index is 414. The number of likely N-dealkylation sites (N-methyl/N-ethyl adjacent to an activating group) is 1. The molecular formula is C14H19ClN2O. The van der Waals surface area contributed by atoms with Crippen molar-refractivity contribution in [3.8, 4) is 0 Å². The van der Waals surface area contributed by atoms with Crippen LogP contribution in [0, 0.1) is 0 Å². The quantitative estimate of drug-likeness (QED) is 0.781. The third-order valence-electron chi connectivity index (χ3n) is 3.45. The first kappa shape index (κ1) is 13.5. The van der Waals surface area contributed by atoms with Crippen molar-refractivity contribution in [3.63, 3.8) is 0 Å². The molecule has 0 N–H and O–H groups in total. The standard InChI is InChI=1S/C14H19ClN2O/c1-2-16-7-9-17(10-8-16)11-14(18)12-5-3-4-6-13(12)15/h3-6H,2,7-11H2,1H3. The van der Waals surface area contributed by atoms with Crippen LogP contribution in [-0.2, 0) is 0 Å². The van der Waals surface area contributed by atoms with Gasteiger partial charge in [-0.05, 0) is 18.7 Å². The maximum absolute atomic E-state index is 12.1. The third kappa shape index (κ3) is 3.31. The summed E-state index contributed by atoms with van der Waals surface area (Å²) in [6.45, 7) is 7.75. The maximum atomic E-state index is 12.1. The van der Waals surface area contributed by atoms with E-state index in [1.807, 2.05) is 12.1 Å². The van der Waals surface area contributed by atoms with Crippen molar-refractivity contribution in [2.45, 2.75) is 6.92 Å². The van der Waals surface area contributed by atoms with Crippen LogP contribution in [0.1, 0.15) is 17.3 Å². The molecule has 0 spiro atoms. The average Bonchev–Trinajstić information content (AvgIpc) is 2.40. The van der Waals surface area contributed by atoms with Crippen LogP contribution in [0.4, 0.5) is 0 Å². The van der Waals surface area contributed by atoms with Crippen LogP contribution in [0.2, 0.25) is 5.02 Å². The first-order valence-electron chi connectivity index (χ1n) is 6.43. The molecule has 18 heavy (non-hydrogen) atoms. The van der Waals surface area contributed by atoms with E-state index in [1.165, 1.54) is 0 Å². The Morgan fingerprint density at radius 1 is 1.17 bits per heavy atom. The van der Waals surface area contributed by atoms with Crippen LogP contribution in [0.3, 0.4) is 0 Å². The zero-order valence-electron chi connectivity index (χ0n) is 10.7. The molecule has 2 rings (SSSR count). The van der Waals surface area contributed by atoms with Gasteiger partial charge in [0.1, 0.15) is 0 Å². The van der Waals surface area contributed by atoms with Gasteiger partial charge in [-0.1, -0.05) is 30.7 Å². The number of piperazine rings is 1. The summed E-state index contributed by atoms with van der Waals surface area (Å²) in [5.74, 6) is 0.116. The maximum Gasteiger partial charge on any atom is 0.178 e. The molecule has 1 fully saturated rings. The molecule has 0 bridgehead atoms. The second-order valence-electron chi connectivity index (χ2n) is 4.61. The molecule has 0 atom stereocenters. The fourth-order valence-corrected chi connectivity index (χ4v) is 2.48. The fraction of sp³-hybridized carbons (Fsp3) is 0.500. The molecular weight excluding hydrogens is 248 g/mol. The molecule has 1 aliphatic heterocycles. The molecule has 1 aromatic rings. The number of carbonyl (C=O) groups excluding carboxylic acids is 1. The van der Waals surface area contributed by atoms with E-state index in [1.54, 1.807) is 12.1 Å². The van der Waals surface area contributed by atoms with Crippen LogP contribution in [0.5, 0.6) is 0 Å². The largest absolute Gasteiger partial charge is 0.301 e. The van der Waals surface area contributed by atoms with E-state index in [0.717, 1.165) is 32.7 Å². The van der Waals surface area contributed by atoms with Gasteiger partial charge in [0.2, 0.25) is 0 Å². The zero-order valence-corrected chi connectivity index (χ0v) is 11.5. The SMILES string of the molecule is CCN1CCN(CC(=O)c2ccccc2Cl)CC1.